The number of halogens is 1. The van der Waals surface area contributed by atoms with Crippen molar-refractivity contribution < 1.29 is 14.1 Å². The van der Waals surface area contributed by atoms with Gasteiger partial charge in [-0.15, -0.1) is 0 Å². The van der Waals surface area contributed by atoms with Crippen LogP contribution in [0.5, 0.6) is 5.75 Å². The first-order valence-corrected chi connectivity index (χ1v) is 9.29. The summed E-state index contributed by atoms with van der Waals surface area (Å²) < 4.78 is 12.0. The zero-order valence-corrected chi connectivity index (χ0v) is 16.1. The lowest BCUT2D eigenvalue weighted by Gasteiger charge is -2.21. The predicted molar refractivity (Wildman–Crippen MR) is 96.2 cm³/mol. The summed E-state index contributed by atoms with van der Waals surface area (Å²) in [5.74, 6) is 2.17. The molecule has 1 aromatic heterocycles. The van der Waals surface area contributed by atoms with Crippen molar-refractivity contribution >= 4 is 21.8 Å². The van der Waals surface area contributed by atoms with Crippen LogP contribution >= 0.6 is 15.9 Å². The van der Waals surface area contributed by atoms with Crippen LogP contribution in [-0.4, -0.2) is 22.2 Å². The number of hydrogen-bond acceptors (Lipinski definition) is 5. The fourth-order valence-corrected chi connectivity index (χ4v) is 2.70. The lowest BCUT2D eigenvalue weighted by atomic mass is 10.0. The zero-order valence-electron chi connectivity index (χ0n) is 14.5. The molecule has 0 spiro atoms. The van der Waals surface area contributed by atoms with Gasteiger partial charge in [0, 0.05) is 10.4 Å². The van der Waals surface area contributed by atoms with Crippen molar-refractivity contribution in [2.75, 3.05) is 0 Å². The molecule has 0 saturated heterocycles. The van der Waals surface area contributed by atoms with E-state index >= 15 is 0 Å². The lowest BCUT2D eigenvalue weighted by molar-refractivity contribution is -0.128. The minimum absolute atomic E-state index is 0.122. The van der Waals surface area contributed by atoms with Crippen molar-refractivity contribution in [2.24, 2.45) is 5.92 Å². The molecule has 6 nitrogen and oxygen atoms in total. The van der Waals surface area contributed by atoms with E-state index in [0.29, 0.717) is 17.6 Å². The standard InChI is InChI=1S/C18H22BrN3O3/c1-10(2)15(18-21-16(22-25-18)12-4-5-12)20-17(23)11(3)24-14-8-6-13(19)7-9-14/h6-12,15H,4-5H2,1-3H3,(H,20,23). The molecule has 3 rings (SSSR count). The fourth-order valence-electron chi connectivity index (χ4n) is 2.44. The molecule has 2 atom stereocenters. The second-order valence-corrected chi connectivity index (χ2v) is 7.63. The highest BCUT2D eigenvalue weighted by molar-refractivity contribution is 9.10. The molecule has 1 amide bonds. The Morgan fingerprint density at radius 3 is 2.56 bits per heavy atom. The Balaban J connectivity index is 1.63. The van der Waals surface area contributed by atoms with Crippen LogP contribution in [0.3, 0.4) is 0 Å². The molecule has 0 radical (unpaired) electrons. The van der Waals surface area contributed by atoms with Crippen LogP contribution in [0.15, 0.2) is 33.3 Å². The molecular formula is C18H22BrN3O3. The highest BCUT2D eigenvalue weighted by Crippen LogP contribution is 2.38. The summed E-state index contributed by atoms with van der Waals surface area (Å²) in [5, 5.41) is 7.00. The number of carbonyl (C=O) groups excluding carboxylic acids is 1. The quantitative estimate of drug-likeness (QED) is 0.750. The third kappa shape index (κ3) is 4.60. The number of hydrogen-bond donors (Lipinski definition) is 1. The van der Waals surface area contributed by atoms with E-state index in [4.69, 9.17) is 9.26 Å². The van der Waals surface area contributed by atoms with Gasteiger partial charge in [-0.25, -0.2) is 0 Å². The molecule has 1 saturated carbocycles. The highest BCUT2D eigenvalue weighted by Gasteiger charge is 2.32. The van der Waals surface area contributed by atoms with Crippen LogP contribution in [-0.2, 0) is 4.79 Å². The van der Waals surface area contributed by atoms with E-state index in [1.54, 1.807) is 6.92 Å². The first-order chi connectivity index (χ1) is 11.9. The second kappa shape index (κ2) is 7.56. The molecule has 1 N–H and O–H groups in total. The van der Waals surface area contributed by atoms with Gasteiger partial charge < -0.3 is 14.6 Å². The van der Waals surface area contributed by atoms with Crippen LogP contribution in [0, 0.1) is 5.92 Å². The van der Waals surface area contributed by atoms with Gasteiger partial charge in [0.15, 0.2) is 11.9 Å². The van der Waals surface area contributed by atoms with Gasteiger partial charge in [-0.1, -0.05) is 34.9 Å². The van der Waals surface area contributed by atoms with E-state index in [1.165, 1.54) is 0 Å². The molecule has 1 aliphatic rings. The highest BCUT2D eigenvalue weighted by atomic mass is 79.9. The molecule has 7 heteroatoms. The molecule has 0 aliphatic heterocycles. The second-order valence-electron chi connectivity index (χ2n) is 6.71. The minimum atomic E-state index is -0.631. The number of aromatic nitrogens is 2. The Morgan fingerprint density at radius 2 is 1.96 bits per heavy atom. The Bertz CT molecular complexity index is 725. The molecule has 2 aromatic rings. The molecule has 2 unspecified atom stereocenters. The van der Waals surface area contributed by atoms with Crippen molar-refractivity contribution in [2.45, 2.75) is 51.7 Å². The number of nitrogens with zero attached hydrogens (tertiary/aromatic N) is 2. The van der Waals surface area contributed by atoms with E-state index in [0.717, 1.165) is 23.1 Å². The zero-order chi connectivity index (χ0) is 18.0. The van der Waals surface area contributed by atoms with Crippen molar-refractivity contribution in [3.05, 3.63) is 40.5 Å². The maximum absolute atomic E-state index is 12.5. The number of rotatable bonds is 7. The average molecular weight is 408 g/mol. The van der Waals surface area contributed by atoms with Crippen molar-refractivity contribution in [1.29, 1.82) is 0 Å². The van der Waals surface area contributed by atoms with E-state index in [2.05, 4.69) is 31.4 Å². The van der Waals surface area contributed by atoms with Crippen molar-refractivity contribution in [3.63, 3.8) is 0 Å². The summed E-state index contributed by atoms with van der Waals surface area (Å²) in [6, 6.07) is 7.04. The predicted octanol–water partition coefficient (Wildman–Crippen LogP) is 3.99. The summed E-state index contributed by atoms with van der Waals surface area (Å²) in [4.78, 5) is 17.0. The number of carbonyl (C=O) groups is 1. The van der Waals surface area contributed by atoms with Gasteiger partial charge in [-0.3, -0.25) is 4.79 Å². The Morgan fingerprint density at radius 1 is 1.28 bits per heavy atom. The minimum Gasteiger partial charge on any atom is -0.481 e. The molecule has 0 bridgehead atoms. The van der Waals surface area contributed by atoms with Crippen molar-refractivity contribution in [1.82, 2.24) is 15.5 Å². The first-order valence-electron chi connectivity index (χ1n) is 8.50. The van der Waals surface area contributed by atoms with Crippen LogP contribution in [0.25, 0.3) is 0 Å². The van der Waals surface area contributed by atoms with Gasteiger partial charge in [-0.2, -0.15) is 4.98 Å². The third-order valence-corrected chi connectivity index (χ3v) is 4.65. The maximum Gasteiger partial charge on any atom is 0.261 e. The summed E-state index contributed by atoms with van der Waals surface area (Å²) in [6.07, 6.45) is 1.58. The maximum atomic E-state index is 12.5. The van der Waals surface area contributed by atoms with E-state index in [-0.39, 0.29) is 17.9 Å². The Hall–Kier alpha value is -1.89. The summed E-state index contributed by atoms with van der Waals surface area (Å²) >= 11 is 3.37. The monoisotopic (exact) mass is 407 g/mol. The van der Waals surface area contributed by atoms with Gasteiger partial charge in [0.25, 0.3) is 5.91 Å². The molecule has 1 aliphatic carbocycles. The van der Waals surface area contributed by atoms with Gasteiger partial charge in [0.2, 0.25) is 5.89 Å². The number of nitrogens with one attached hydrogen (secondary N) is 1. The summed E-state index contributed by atoms with van der Waals surface area (Å²) in [5.41, 5.74) is 0. The summed E-state index contributed by atoms with van der Waals surface area (Å²) in [7, 11) is 0. The lowest BCUT2D eigenvalue weighted by Crippen LogP contribution is -2.40. The molecule has 1 aromatic carbocycles. The molecule has 1 heterocycles. The van der Waals surface area contributed by atoms with Gasteiger partial charge >= 0.3 is 0 Å². The Kier molecular flexibility index (Phi) is 5.42. The van der Waals surface area contributed by atoms with Gasteiger partial charge in [0.1, 0.15) is 11.8 Å². The average Bonchev–Trinajstić information content (AvgIpc) is 3.32. The van der Waals surface area contributed by atoms with Crippen molar-refractivity contribution in [3.8, 4) is 5.75 Å². The molecule has 1 fully saturated rings. The largest absolute Gasteiger partial charge is 0.481 e. The molecular weight excluding hydrogens is 386 g/mol. The molecule has 134 valence electrons. The SMILES string of the molecule is CC(Oc1ccc(Br)cc1)C(=O)NC(c1nc(C2CC2)no1)C(C)C. The number of amides is 1. The number of benzene rings is 1. The first kappa shape index (κ1) is 17.9. The van der Waals surface area contributed by atoms with Crippen LogP contribution < -0.4 is 10.1 Å². The normalized spacial score (nSPS) is 16.5. The third-order valence-electron chi connectivity index (χ3n) is 4.13. The van der Waals surface area contributed by atoms with E-state index in [1.807, 2.05) is 38.1 Å². The van der Waals surface area contributed by atoms with Gasteiger partial charge in [-0.05, 0) is 49.9 Å². The fraction of sp³-hybridized carbons (Fsp3) is 0.500. The van der Waals surface area contributed by atoms with Crippen LogP contribution in [0.4, 0.5) is 0 Å². The topological polar surface area (TPSA) is 77.2 Å². The Labute approximate surface area is 155 Å². The van der Waals surface area contributed by atoms with E-state index in [9.17, 15) is 4.79 Å². The van der Waals surface area contributed by atoms with E-state index < -0.39 is 6.10 Å². The van der Waals surface area contributed by atoms with Crippen LogP contribution in [0.2, 0.25) is 0 Å². The van der Waals surface area contributed by atoms with Gasteiger partial charge in [0.05, 0.1) is 0 Å². The van der Waals surface area contributed by atoms with Crippen LogP contribution in [0.1, 0.15) is 57.3 Å². The number of ether oxygens (including phenoxy) is 1. The smallest absolute Gasteiger partial charge is 0.261 e. The molecule has 25 heavy (non-hydrogen) atoms. The summed E-state index contributed by atoms with van der Waals surface area (Å²) in [6.45, 7) is 5.73.